The maximum absolute atomic E-state index is 10.4. The molecule has 3 nitrogen and oxygen atoms in total. The summed E-state index contributed by atoms with van der Waals surface area (Å²) in [5.41, 5.74) is 0.811. The van der Waals surface area contributed by atoms with Crippen molar-refractivity contribution in [1.29, 1.82) is 0 Å². The molecule has 1 rings (SSSR count). The van der Waals surface area contributed by atoms with Gasteiger partial charge in [-0.3, -0.25) is 0 Å². The zero-order valence-corrected chi connectivity index (χ0v) is 11.6. The molecule has 2 unspecified atom stereocenters. The molecule has 102 valence electrons. The highest BCUT2D eigenvalue weighted by Crippen LogP contribution is 2.30. The summed E-state index contributed by atoms with van der Waals surface area (Å²) in [6, 6.07) is 7.63. The van der Waals surface area contributed by atoms with Gasteiger partial charge >= 0.3 is 0 Å². The van der Waals surface area contributed by atoms with Crippen LogP contribution < -0.4 is 4.74 Å². The molecule has 1 aromatic carbocycles. The molecule has 0 aliphatic rings. The molecule has 0 saturated carbocycles. The van der Waals surface area contributed by atoms with Gasteiger partial charge in [0, 0.05) is 12.7 Å². The van der Waals surface area contributed by atoms with Crippen LogP contribution in [-0.4, -0.2) is 24.9 Å². The zero-order valence-electron chi connectivity index (χ0n) is 11.6. The van der Waals surface area contributed by atoms with Crippen molar-refractivity contribution in [3.8, 4) is 5.75 Å². The van der Waals surface area contributed by atoms with Gasteiger partial charge in [0.25, 0.3) is 0 Å². The molecule has 18 heavy (non-hydrogen) atoms. The molecule has 0 spiro atoms. The van der Waals surface area contributed by atoms with Crippen molar-refractivity contribution in [2.24, 2.45) is 0 Å². The molecule has 0 bridgehead atoms. The molecule has 0 fully saturated rings. The zero-order chi connectivity index (χ0) is 13.4. The van der Waals surface area contributed by atoms with Gasteiger partial charge in [0.2, 0.25) is 0 Å². The van der Waals surface area contributed by atoms with Crippen LogP contribution in [0.2, 0.25) is 0 Å². The van der Waals surface area contributed by atoms with E-state index in [-0.39, 0.29) is 6.10 Å². The van der Waals surface area contributed by atoms with Crippen LogP contribution in [0.1, 0.15) is 44.8 Å². The first-order chi connectivity index (χ1) is 8.74. The summed E-state index contributed by atoms with van der Waals surface area (Å²) in [4.78, 5) is 0. The highest BCUT2D eigenvalue weighted by Gasteiger charge is 2.22. The third kappa shape index (κ3) is 4.00. The van der Waals surface area contributed by atoms with Gasteiger partial charge in [-0.15, -0.1) is 0 Å². The third-order valence-corrected chi connectivity index (χ3v) is 2.93. The van der Waals surface area contributed by atoms with Gasteiger partial charge in [-0.05, 0) is 18.9 Å². The van der Waals surface area contributed by atoms with Gasteiger partial charge in [-0.25, -0.2) is 0 Å². The second-order valence-corrected chi connectivity index (χ2v) is 4.39. The highest BCUT2D eigenvalue weighted by molar-refractivity contribution is 5.35. The number of aliphatic hydroxyl groups is 1. The number of benzene rings is 1. The first-order valence-electron chi connectivity index (χ1n) is 6.67. The van der Waals surface area contributed by atoms with Gasteiger partial charge in [0.1, 0.15) is 11.9 Å². The van der Waals surface area contributed by atoms with Crippen LogP contribution in [0.25, 0.3) is 0 Å². The summed E-state index contributed by atoms with van der Waals surface area (Å²) >= 11 is 0. The van der Waals surface area contributed by atoms with Crippen molar-refractivity contribution < 1.29 is 14.6 Å². The number of ether oxygens (including phenoxy) is 2. The second kappa shape index (κ2) is 8.11. The Morgan fingerprint density at radius 3 is 2.50 bits per heavy atom. The number of methoxy groups -OCH3 is 1. The lowest BCUT2D eigenvalue weighted by Crippen LogP contribution is -2.21. The summed E-state index contributed by atoms with van der Waals surface area (Å²) in [6.07, 6.45) is 1.95. The Balaban J connectivity index is 2.85. The Morgan fingerprint density at radius 2 is 1.89 bits per heavy atom. The molecular weight excluding hydrogens is 228 g/mol. The molecule has 0 radical (unpaired) electrons. The van der Waals surface area contributed by atoms with Gasteiger partial charge in [0.05, 0.1) is 12.7 Å². The van der Waals surface area contributed by atoms with Crippen molar-refractivity contribution in [1.82, 2.24) is 0 Å². The number of rotatable bonds is 8. The summed E-state index contributed by atoms with van der Waals surface area (Å²) < 4.78 is 11.0. The largest absolute Gasteiger partial charge is 0.493 e. The quantitative estimate of drug-likeness (QED) is 0.771. The van der Waals surface area contributed by atoms with E-state index in [2.05, 4.69) is 13.8 Å². The van der Waals surface area contributed by atoms with Gasteiger partial charge in [-0.1, -0.05) is 38.5 Å². The van der Waals surface area contributed by atoms with Crippen LogP contribution in [0.3, 0.4) is 0 Å². The molecular formula is C15H24O3. The van der Waals surface area contributed by atoms with Crippen molar-refractivity contribution in [2.45, 2.75) is 45.3 Å². The van der Waals surface area contributed by atoms with Crippen molar-refractivity contribution in [2.75, 3.05) is 13.7 Å². The molecule has 0 aromatic heterocycles. The van der Waals surface area contributed by atoms with Gasteiger partial charge in [0.15, 0.2) is 0 Å². The average molecular weight is 252 g/mol. The maximum atomic E-state index is 10.4. The van der Waals surface area contributed by atoms with E-state index in [0.717, 1.165) is 30.6 Å². The molecule has 3 heteroatoms. The Morgan fingerprint density at radius 1 is 1.17 bits per heavy atom. The van der Waals surface area contributed by atoms with Crippen LogP contribution in [0.15, 0.2) is 24.3 Å². The Hall–Kier alpha value is -1.06. The second-order valence-electron chi connectivity index (χ2n) is 4.39. The lowest BCUT2D eigenvalue weighted by atomic mass is 10.00. The number of hydrogen-bond donors (Lipinski definition) is 1. The lowest BCUT2D eigenvalue weighted by molar-refractivity contribution is -0.0191. The first-order valence-corrected chi connectivity index (χ1v) is 6.67. The number of hydrogen-bond acceptors (Lipinski definition) is 3. The maximum Gasteiger partial charge on any atom is 0.125 e. The van der Waals surface area contributed by atoms with E-state index >= 15 is 0 Å². The standard InChI is InChI=1S/C15H24O3/c1-4-8-14(17-3)15(16)12-9-6-7-10-13(12)18-11-5-2/h6-7,9-10,14-16H,4-5,8,11H2,1-3H3. The van der Waals surface area contributed by atoms with Gasteiger partial charge in [-0.2, -0.15) is 0 Å². The molecule has 0 amide bonds. The smallest absolute Gasteiger partial charge is 0.125 e. The summed E-state index contributed by atoms with van der Waals surface area (Å²) in [7, 11) is 1.64. The molecule has 1 aromatic rings. The van der Waals surface area contributed by atoms with E-state index in [1.807, 2.05) is 24.3 Å². The monoisotopic (exact) mass is 252 g/mol. The molecule has 1 N–H and O–H groups in total. The molecule has 0 saturated heterocycles. The van der Waals surface area contributed by atoms with E-state index < -0.39 is 6.10 Å². The molecule has 2 atom stereocenters. The van der Waals surface area contributed by atoms with Crippen LogP contribution >= 0.6 is 0 Å². The SMILES string of the molecule is CCCOc1ccccc1C(O)C(CCC)OC. The predicted octanol–water partition coefficient (Wildman–Crippen LogP) is 3.32. The van der Waals surface area contributed by atoms with Crippen LogP contribution in [0.4, 0.5) is 0 Å². The molecule has 0 aliphatic carbocycles. The summed E-state index contributed by atoms with van der Waals surface area (Å²) in [5, 5.41) is 10.4. The lowest BCUT2D eigenvalue weighted by Gasteiger charge is -2.23. The fourth-order valence-electron chi connectivity index (χ4n) is 1.96. The minimum absolute atomic E-state index is 0.179. The van der Waals surface area contributed by atoms with E-state index in [0.29, 0.717) is 6.61 Å². The van der Waals surface area contributed by atoms with E-state index in [1.165, 1.54) is 0 Å². The van der Waals surface area contributed by atoms with Crippen LogP contribution in [-0.2, 0) is 4.74 Å². The van der Waals surface area contributed by atoms with Crippen LogP contribution in [0, 0.1) is 0 Å². The van der Waals surface area contributed by atoms with Crippen molar-refractivity contribution in [3.05, 3.63) is 29.8 Å². The minimum atomic E-state index is -0.636. The number of aliphatic hydroxyl groups excluding tert-OH is 1. The van der Waals surface area contributed by atoms with Crippen molar-refractivity contribution in [3.63, 3.8) is 0 Å². The first kappa shape index (κ1) is 15.0. The Kier molecular flexibility index (Phi) is 6.76. The Labute approximate surface area is 110 Å². The van der Waals surface area contributed by atoms with E-state index in [4.69, 9.17) is 9.47 Å². The van der Waals surface area contributed by atoms with Crippen molar-refractivity contribution >= 4 is 0 Å². The van der Waals surface area contributed by atoms with Crippen LogP contribution in [0.5, 0.6) is 5.75 Å². The average Bonchev–Trinajstić information content (AvgIpc) is 2.42. The summed E-state index contributed by atoms with van der Waals surface area (Å²) in [5.74, 6) is 0.755. The van der Waals surface area contributed by atoms with E-state index in [1.54, 1.807) is 7.11 Å². The highest BCUT2D eigenvalue weighted by atomic mass is 16.5. The summed E-state index contributed by atoms with van der Waals surface area (Å²) in [6.45, 7) is 4.81. The topological polar surface area (TPSA) is 38.7 Å². The Bertz CT molecular complexity index is 338. The van der Waals surface area contributed by atoms with E-state index in [9.17, 15) is 5.11 Å². The fourth-order valence-corrected chi connectivity index (χ4v) is 1.96. The third-order valence-electron chi connectivity index (χ3n) is 2.93. The minimum Gasteiger partial charge on any atom is -0.493 e. The molecule has 0 heterocycles. The fraction of sp³-hybridized carbons (Fsp3) is 0.600. The van der Waals surface area contributed by atoms with Gasteiger partial charge < -0.3 is 14.6 Å². The molecule has 0 aliphatic heterocycles. The predicted molar refractivity (Wildman–Crippen MR) is 72.9 cm³/mol. The normalized spacial score (nSPS) is 14.2. The number of para-hydroxylation sites is 1.